The van der Waals surface area contributed by atoms with Crippen LogP contribution in [0.3, 0.4) is 0 Å². The van der Waals surface area contributed by atoms with Crippen LogP contribution in [0.5, 0.6) is 0 Å². The van der Waals surface area contributed by atoms with E-state index in [0.717, 1.165) is 12.8 Å². The third-order valence-corrected chi connectivity index (χ3v) is 11.4. The summed E-state index contributed by atoms with van der Waals surface area (Å²) in [7, 11) is 0. The second-order valence-corrected chi connectivity index (χ2v) is 25.5. The Balaban J connectivity index is 0. The Hall–Kier alpha value is -1.89. The molecule has 1 atom stereocenters. The second kappa shape index (κ2) is 21.3. The van der Waals surface area contributed by atoms with Gasteiger partial charge in [0.2, 0.25) is 0 Å². The predicted octanol–water partition coefficient (Wildman–Crippen LogP) is 18.1. The molecule has 3 aliphatic rings. The van der Waals surface area contributed by atoms with Crippen LogP contribution in [-0.2, 0) is 34.2 Å². The average molecular weight is 833 g/mol. The Labute approximate surface area is 374 Å². The normalized spacial score (nSPS) is 17.3. The van der Waals surface area contributed by atoms with Crippen LogP contribution in [0.25, 0.3) is 0 Å². The zero-order chi connectivity index (χ0) is 44.1. The van der Waals surface area contributed by atoms with Gasteiger partial charge in [-0.1, -0.05) is 204 Å². The van der Waals surface area contributed by atoms with Crippen LogP contribution >= 0.6 is 0 Å². The van der Waals surface area contributed by atoms with Crippen LogP contribution in [0.15, 0.2) is 82.5 Å². The van der Waals surface area contributed by atoms with Gasteiger partial charge in [0.1, 0.15) is 0 Å². The Kier molecular flexibility index (Phi) is 21.3. The van der Waals surface area contributed by atoms with E-state index in [1.54, 1.807) is 22.3 Å². The molecule has 58 heavy (non-hydrogen) atoms. The van der Waals surface area contributed by atoms with E-state index in [1.165, 1.54) is 28.7 Å². The van der Waals surface area contributed by atoms with Gasteiger partial charge in [-0.05, 0) is 50.9 Å². The SMILES string of the molecule is C.C.CC(C)(C)C1=CC=C(C(C)(C)C)C1.CC(C)(C)C1=CC=CC1C(C)(C)C.CC(C)(C)C1=CCC(C(C)(C)C)=C1.CC(C)(C)c1[c-]c(C[CH]=[V])cc(C(C)(C)C)c1. The Bertz CT molecular complexity index is 1590. The number of benzene rings is 1. The molecule has 1 aromatic carbocycles. The number of hydrogen-bond acceptors (Lipinski definition) is 0. The van der Waals surface area contributed by atoms with E-state index in [0.29, 0.717) is 38.4 Å². The molecule has 0 nitrogen and oxygen atoms in total. The minimum atomic E-state index is 0. The first-order valence-electron chi connectivity index (χ1n) is 21.5. The standard InChI is InChI=1S/C16H23.3C13H22.2CH4.V/c1-8-12-9-13(15(2,3)4)11-14(10-12)16(5,6)7;2*1-12(2,3)10-7-8-11(9-10)13(4,5)6;1-12(2,3)10-8-7-9-11(10)13(4,5)6;;;/h1,9,11H,8H2,2-7H3;7,9H,8H2,1-6H3;7-8H,9H2,1-6H3;7-10H,1-6H3;2*1H4;/q-1;;;;;;. The number of allylic oxidation sites excluding steroid dienone is 12. The van der Waals surface area contributed by atoms with E-state index in [2.05, 4.69) is 249 Å². The molecule has 0 radical (unpaired) electrons. The van der Waals surface area contributed by atoms with E-state index in [4.69, 9.17) is 0 Å². The summed E-state index contributed by atoms with van der Waals surface area (Å²) in [4.78, 5) is 0. The van der Waals surface area contributed by atoms with E-state index < -0.39 is 0 Å². The summed E-state index contributed by atoms with van der Waals surface area (Å²) < 4.78 is 2.14. The summed E-state index contributed by atoms with van der Waals surface area (Å²) in [5.74, 6) is 0.618. The van der Waals surface area contributed by atoms with Crippen LogP contribution in [0.4, 0.5) is 0 Å². The molecule has 1 heteroatoms. The molecule has 0 bridgehead atoms. The average Bonchev–Trinajstić information content (AvgIpc) is 3.76. The van der Waals surface area contributed by atoms with Gasteiger partial charge in [-0.2, -0.15) is 0 Å². The molecular formula is C57H97V-. The first-order valence-corrected chi connectivity index (χ1v) is 22.3. The Morgan fingerprint density at radius 3 is 1.31 bits per heavy atom. The minimum absolute atomic E-state index is 0. The predicted molar refractivity (Wildman–Crippen MR) is 265 cm³/mol. The van der Waals surface area contributed by atoms with Gasteiger partial charge in [0.05, 0.1) is 0 Å². The van der Waals surface area contributed by atoms with Gasteiger partial charge in [0, 0.05) is 5.92 Å². The van der Waals surface area contributed by atoms with Crippen molar-refractivity contribution in [3.05, 3.63) is 105 Å². The zero-order valence-electron chi connectivity index (χ0n) is 41.4. The zero-order valence-corrected chi connectivity index (χ0v) is 42.8. The van der Waals surface area contributed by atoms with Crippen molar-refractivity contribution in [3.8, 4) is 0 Å². The van der Waals surface area contributed by atoms with Gasteiger partial charge >= 0.3 is 115 Å². The van der Waals surface area contributed by atoms with Crippen molar-refractivity contribution < 1.29 is 17.0 Å². The molecule has 0 aromatic heterocycles. The number of hydrogen-bond donors (Lipinski definition) is 0. The summed E-state index contributed by atoms with van der Waals surface area (Å²) in [6.45, 7) is 54.8. The van der Waals surface area contributed by atoms with Gasteiger partial charge in [-0.15, -0.1) is 0 Å². The topological polar surface area (TPSA) is 0 Å². The van der Waals surface area contributed by atoms with E-state index in [-0.39, 0.29) is 25.7 Å². The van der Waals surface area contributed by atoms with E-state index >= 15 is 0 Å². The fourth-order valence-corrected chi connectivity index (χ4v) is 7.06. The van der Waals surface area contributed by atoms with Crippen LogP contribution in [-0.4, -0.2) is 4.73 Å². The first kappa shape index (κ1) is 58.2. The van der Waals surface area contributed by atoms with Crippen molar-refractivity contribution in [1.29, 1.82) is 0 Å². The van der Waals surface area contributed by atoms with Gasteiger partial charge < -0.3 is 0 Å². The molecule has 4 rings (SSSR count). The van der Waals surface area contributed by atoms with Crippen molar-refractivity contribution in [2.45, 2.75) is 211 Å². The Morgan fingerprint density at radius 1 is 0.569 bits per heavy atom. The summed E-state index contributed by atoms with van der Waals surface area (Å²) in [5.41, 5.74) is 14.1. The molecule has 0 N–H and O–H groups in total. The molecule has 3 aliphatic carbocycles. The molecule has 0 aliphatic heterocycles. The molecule has 1 aromatic rings. The van der Waals surface area contributed by atoms with Gasteiger partial charge in [0.15, 0.2) is 0 Å². The van der Waals surface area contributed by atoms with Gasteiger partial charge in [0.25, 0.3) is 0 Å². The Morgan fingerprint density at radius 2 is 1.03 bits per heavy atom. The third kappa shape index (κ3) is 19.2. The fraction of sp³-hybridized carbons (Fsp3) is 0.667. The maximum atomic E-state index is 3.56. The monoisotopic (exact) mass is 833 g/mol. The van der Waals surface area contributed by atoms with Crippen LogP contribution in [0, 0.1) is 44.5 Å². The van der Waals surface area contributed by atoms with Crippen molar-refractivity contribution >= 4 is 4.73 Å². The molecule has 0 saturated heterocycles. The molecule has 0 spiro atoms. The van der Waals surface area contributed by atoms with E-state index in [9.17, 15) is 0 Å². The van der Waals surface area contributed by atoms with Crippen LogP contribution in [0.2, 0.25) is 0 Å². The third-order valence-electron chi connectivity index (χ3n) is 11.1. The molecule has 0 heterocycles. The first-order chi connectivity index (χ1) is 24.8. The summed E-state index contributed by atoms with van der Waals surface area (Å²) >= 11 is 2.53. The quantitative estimate of drug-likeness (QED) is 0.261. The molecule has 0 saturated carbocycles. The van der Waals surface area contributed by atoms with Crippen molar-refractivity contribution in [2.24, 2.45) is 38.4 Å². The fourth-order valence-electron chi connectivity index (χ4n) is 6.75. The summed E-state index contributed by atoms with van der Waals surface area (Å²) in [6.07, 6.45) is 19.5. The number of rotatable bonds is 2. The van der Waals surface area contributed by atoms with Gasteiger partial charge in [-0.25, -0.2) is 0 Å². The van der Waals surface area contributed by atoms with Crippen LogP contribution in [0.1, 0.15) is 211 Å². The molecule has 0 amide bonds. The summed E-state index contributed by atoms with van der Waals surface area (Å²) in [5, 5.41) is 0. The van der Waals surface area contributed by atoms with Crippen molar-refractivity contribution in [1.82, 2.24) is 0 Å². The summed E-state index contributed by atoms with van der Waals surface area (Å²) in [6, 6.07) is 8.16. The van der Waals surface area contributed by atoms with Crippen LogP contribution < -0.4 is 0 Å². The maximum absolute atomic E-state index is 3.56. The van der Waals surface area contributed by atoms with Crippen molar-refractivity contribution in [3.63, 3.8) is 0 Å². The molecule has 1 unspecified atom stereocenters. The molecule has 331 valence electrons. The van der Waals surface area contributed by atoms with Crippen molar-refractivity contribution in [2.75, 3.05) is 0 Å². The second-order valence-electron chi connectivity index (χ2n) is 24.9. The molecular weight excluding hydrogens is 736 g/mol. The van der Waals surface area contributed by atoms with E-state index in [1.807, 2.05) is 0 Å². The van der Waals surface area contributed by atoms with Gasteiger partial charge in [-0.3, -0.25) is 0 Å². The molecule has 0 fully saturated rings.